The highest BCUT2D eigenvalue weighted by atomic mass is 16.1. The molecular formula is C12H22N2O. The van der Waals surface area contributed by atoms with Gasteiger partial charge in [0, 0.05) is 12.1 Å². The molecule has 0 bridgehead atoms. The Labute approximate surface area is 92.0 Å². The fourth-order valence-corrected chi connectivity index (χ4v) is 2.37. The van der Waals surface area contributed by atoms with Crippen molar-refractivity contribution in [3.63, 3.8) is 0 Å². The predicted molar refractivity (Wildman–Crippen MR) is 60.6 cm³/mol. The first-order valence-corrected chi connectivity index (χ1v) is 6.27. The minimum Gasteiger partial charge on any atom is -0.352 e. The van der Waals surface area contributed by atoms with Crippen LogP contribution >= 0.6 is 0 Å². The number of hydrogen-bond donors (Lipinski definition) is 2. The summed E-state index contributed by atoms with van der Waals surface area (Å²) in [5.74, 6) is 0.960. The molecule has 2 aliphatic rings. The van der Waals surface area contributed by atoms with Gasteiger partial charge in [-0.25, -0.2) is 0 Å². The van der Waals surface area contributed by atoms with Gasteiger partial charge >= 0.3 is 0 Å². The lowest BCUT2D eigenvalue weighted by Gasteiger charge is -2.27. The average molecular weight is 210 g/mol. The van der Waals surface area contributed by atoms with E-state index in [1.165, 1.54) is 32.1 Å². The molecule has 0 aromatic carbocycles. The lowest BCUT2D eigenvalue weighted by molar-refractivity contribution is -0.121. The van der Waals surface area contributed by atoms with Crippen molar-refractivity contribution in [3.05, 3.63) is 0 Å². The van der Waals surface area contributed by atoms with Crippen molar-refractivity contribution in [1.82, 2.24) is 10.6 Å². The molecule has 0 aromatic rings. The molecule has 0 radical (unpaired) electrons. The van der Waals surface area contributed by atoms with Crippen LogP contribution in [0.1, 0.15) is 45.4 Å². The van der Waals surface area contributed by atoms with Crippen LogP contribution in [0.15, 0.2) is 0 Å². The minimum absolute atomic E-state index is 0.181. The summed E-state index contributed by atoms with van der Waals surface area (Å²) >= 11 is 0. The minimum atomic E-state index is 0.181. The number of carbonyl (C=O) groups is 1. The standard InChI is InChI=1S/C12H22N2O/c1-9-3-2-4-11(7-9)14-12(15)8-13-10-5-6-10/h9-11,13H,2-8H2,1H3,(H,14,15). The maximum atomic E-state index is 11.6. The van der Waals surface area contributed by atoms with E-state index in [4.69, 9.17) is 0 Å². The highest BCUT2D eigenvalue weighted by Gasteiger charge is 2.23. The van der Waals surface area contributed by atoms with E-state index in [0.717, 1.165) is 12.3 Å². The molecule has 0 spiro atoms. The molecule has 0 aromatic heterocycles. The second-order valence-electron chi connectivity index (χ2n) is 5.19. The summed E-state index contributed by atoms with van der Waals surface area (Å²) in [5, 5.41) is 6.38. The molecule has 0 heterocycles. The molecule has 86 valence electrons. The molecular weight excluding hydrogens is 188 g/mol. The van der Waals surface area contributed by atoms with Gasteiger partial charge in [-0.15, -0.1) is 0 Å². The first-order chi connectivity index (χ1) is 7.24. The first-order valence-electron chi connectivity index (χ1n) is 6.27. The maximum Gasteiger partial charge on any atom is 0.234 e. The van der Waals surface area contributed by atoms with E-state index in [2.05, 4.69) is 17.6 Å². The molecule has 2 unspecified atom stereocenters. The molecule has 1 amide bonds. The van der Waals surface area contributed by atoms with Crippen LogP contribution in [0.5, 0.6) is 0 Å². The molecule has 2 atom stereocenters. The van der Waals surface area contributed by atoms with E-state index in [0.29, 0.717) is 18.6 Å². The largest absolute Gasteiger partial charge is 0.352 e. The van der Waals surface area contributed by atoms with Crippen molar-refractivity contribution >= 4 is 5.91 Å². The van der Waals surface area contributed by atoms with Gasteiger partial charge < -0.3 is 10.6 Å². The van der Waals surface area contributed by atoms with Crippen LogP contribution in [0.25, 0.3) is 0 Å². The van der Waals surface area contributed by atoms with Gasteiger partial charge in [-0.1, -0.05) is 19.8 Å². The molecule has 3 heteroatoms. The Bertz CT molecular complexity index is 226. The van der Waals surface area contributed by atoms with Crippen LogP contribution in [0.4, 0.5) is 0 Å². The topological polar surface area (TPSA) is 41.1 Å². The second kappa shape index (κ2) is 4.97. The Hall–Kier alpha value is -0.570. The summed E-state index contributed by atoms with van der Waals surface area (Å²) in [4.78, 5) is 11.6. The van der Waals surface area contributed by atoms with E-state index in [1.54, 1.807) is 0 Å². The predicted octanol–water partition coefficient (Wildman–Crippen LogP) is 1.43. The number of amides is 1. The van der Waals surface area contributed by atoms with Gasteiger partial charge in [-0.2, -0.15) is 0 Å². The quantitative estimate of drug-likeness (QED) is 0.737. The van der Waals surface area contributed by atoms with Crippen LogP contribution in [0.2, 0.25) is 0 Å². The molecule has 2 rings (SSSR count). The lowest BCUT2D eigenvalue weighted by Crippen LogP contribution is -2.42. The number of nitrogens with one attached hydrogen (secondary N) is 2. The molecule has 2 N–H and O–H groups in total. The average Bonchev–Trinajstić information content (AvgIpc) is 2.98. The second-order valence-corrected chi connectivity index (χ2v) is 5.19. The van der Waals surface area contributed by atoms with E-state index in [1.807, 2.05) is 0 Å². The summed E-state index contributed by atoms with van der Waals surface area (Å²) in [5.41, 5.74) is 0. The summed E-state index contributed by atoms with van der Waals surface area (Å²) in [7, 11) is 0. The van der Waals surface area contributed by atoms with Crippen LogP contribution in [0, 0.1) is 5.92 Å². The fourth-order valence-electron chi connectivity index (χ4n) is 2.37. The first kappa shape index (κ1) is 10.9. The summed E-state index contributed by atoms with van der Waals surface area (Å²) < 4.78 is 0. The smallest absolute Gasteiger partial charge is 0.234 e. The normalized spacial score (nSPS) is 31.3. The summed E-state index contributed by atoms with van der Waals surface area (Å²) in [6.07, 6.45) is 7.41. The third-order valence-corrected chi connectivity index (χ3v) is 3.43. The Morgan fingerprint density at radius 1 is 1.20 bits per heavy atom. The molecule has 3 nitrogen and oxygen atoms in total. The lowest BCUT2D eigenvalue weighted by atomic mass is 9.87. The molecule has 0 saturated heterocycles. The molecule has 15 heavy (non-hydrogen) atoms. The third kappa shape index (κ3) is 3.82. The van der Waals surface area contributed by atoms with Gasteiger partial charge in [0.25, 0.3) is 0 Å². The number of hydrogen-bond acceptors (Lipinski definition) is 2. The summed E-state index contributed by atoms with van der Waals surface area (Å²) in [6, 6.07) is 1.06. The Morgan fingerprint density at radius 3 is 2.67 bits per heavy atom. The maximum absolute atomic E-state index is 11.6. The summed E-state index contributed by atoms with van der Waals surface area (Å²) in [6.45, 7) is 2.79. The van der Waals surface area contributed by atoms with Gasteiger partial charge in [0.15, 0.2) is 0 Å². The van der Waals surface area contributed by atoms with E-state index in [-0.39, 0.29) is 5.91 Å². The SMILES string of the molecule is CC1CCCC(NC(=O)CNC2CC2)C1. The van der Waals surface area contributed by atoms with Crippen molar-refractivity contribution < 1.29 is 4.79 Å². The van der Waals surface area contributed by atoms with Crippen molar-refractivity contribution in [2.75, 3.05) is 6.54 Å². The Morgan fingerprint density at radius 2 is 2.00 bits per heavy atom. The van der Waals surface area contributed by atoms with Gasteiger partial charge in [0.1, 0.15) is 0 Å². The zero-order valence-electron chi connectivity index (χ0n) is 9.59. The zero-order valence-corrected chi connectivity index (χ0v) is 9.59. The Kier molecular flexibility index (Phi) is 3.62. The van der Waals surface area contributed by atoms with Crippen molar-refractivity contribution in [2.45, 2.75) is 57.5 Å². The molecule has 2 saturated carbocycles. The van der Waals surface area contributed by atoms with E-state index < -0.39 is 0 Å². The zero-order chi connectivity index (χ0) is 10.7. The van der Waals surface area contributed by atoms with Crippen LogP contribution in [-0.2, 0) is 4.79 Å². The number of carbonyl (C=O) groups excluding carboxylic acids is 1. The number of rotatable bonds is 4. The molecule has 0 aliphatic heterocycles. The molecule has 2 fully saturated rings. The van der Waals surface area contributed by atoms with Crippen LogP contribution in [-0.4, -0.2) is 24.5 Å². The van der Waals surface area contributed by atoms with Gasteiger partial charge in [0.05, 0.1) is 6.54 Å². The van der Waals surface area contributed by atoms with Crippen LogP contribution in [0.3, 0.4) is 0 Å². The van der Waals surface area contributed by atoms with Gasteiger partial charge in [-0.05, 0) is 31.6 Å². The highest BCUT2D eigenvalue weighted by molar-refractivity contribution is 5.78. The van der Waals surface area contributed by atoms with E-state index >= 15 is 0 Å². The fraction of sp³-hybridized carbons (Fsp3) is 0.917. The highest BCUT2D eigenvalue weighted by Crippen LogP contribution is 2.23. The van der Waals surface area contributed by atoms with Crippen molar-refractivity contribution in [1.29, 1.82) is 0 Å². The van der Waals surface area contributed by atoms with Crippen LogP contribution < -0.4 is 10.6 Å². The Balaban J connectivity index is 1.63. The van der Waals surface area contributed by atoms with E-state index in [9.17, 15) is 4.79 Å². The third-order valence-electron chi connectivity index (χ3n) is 3.43. The van der Waals surface area contributed by atoms with Crippen molar-refractivity contribution in [3.8, 4) is 0 Å². The van der Waals surface area contributed by atoms with Gasteiger partial charge in [-0.3, -0.25) is 4.79 Å². The van der Waals surface area contributed by atoms with Crippen molar-refractivity contribution in [2.24, 2.45) is 5.92 Å². The van der Waals surface area contributed by atoms with Gasteiger partial charge in [0.2, 0.25) is 5.91 Å². The molecule has 2 aliphatic carbocycles. The monoisotopic (exact) mass is 210 g/mol.